The normalized spacial score (nSPS) is 21.4. The Balaban J connectivity index is 1.36. The third-order valence-electron chi connectivity index (χ3n) is 6.99. The smallest absolute Gasteiger partial charge is 0.348 e. The predicted molar refractivity (Wildman–Crippen MR) is 131 cm³/mol. The Hall–Kier alpha value is -3.17. The largest absolute Gasteiger partial charge is 0.497 e. The number of ether oxygens (including phenoxy) is 1. The molecular formula is C25H28N4O4S. The molecule has 0 spiro atoms. The fourth-order valence-corrected chi connectivity index (χ4v) is 6.00. The van der Waals surface area contributed by atoms with E-state index in [1.54, 1.807) is 19.4 Å². The van der Waals surface area contributed by atoms with Crippen LogP contribution in [0.25, 0.3) is 10.4 Å². The number of nitrogens with zero attached hydrogens (tertiary/aromatic N) is 3. The van der Waals surface area contributed by atoms with Crippen LogP contribution >= 0.6 is 11.3 Å². The molecule has 3 saturated heterocycles. The molecule has 1 unspecified atom stereocenters. The second kappa shape index (κ2) is 9.23. The molecule has 0 radical (unpaired) electrons. The van der Waals surface area contributed by atoms with Gasteiger partial charge in [0.05, 0.1) is 31.6 Å². The van der Waals surface area contributed by atoms with E-state index in [1.807, 2.05) is 35.9 Å². The number of rotatable bonds is 7. The van der Waals surface area contributed by atoms with Crippen LogP contribution in [-0.2, 0) is 11.3 Å². The predicted octanol–water partition coefficient (Wildman–Crippen LogP) is 4.10. The summed E-state index contributed by atoms with van der Waals surface area (Å²) in [7, 11) is 1.64. The third-order valence-corrected chi connectivity index (χ3v) is 8.15. The quantitative estimate of drug-likeness (QED) is 0.529. The lowest BCUT2D eigenvalue weighted by atomic mass is 9.83. The minimum Gasteiger partial charge on any atom is -0.497 e. The van der Waals surface area contributed by atoms with Gasteiger partial charge >= 0.3 is 5.97 Å². The highest BCUT2D eigenvalue weighted by Crippen LogP contribution is 2.38. The fraction of sp³-hybridized carbons (Fsp3) is 0.400. The Morgan fingerprint density at radius 1 is 1.24 bits per heavy atom. The molecule has 8 nitrogen and oxygen atoms in total. The standard InChI is InChI=1S/C25H28N4O4S/c1-15-19(13-26-29(15)14-17-3-5-18(33-2)6-4-17)22-12-20(23(34-22)25(31)32)27-24(30)21-11-16-7-9-28(21)10-8-16/h3-6,12-13,16,21H,7-11,14H2,1-2H3,(H,27,30)(H,31,32). The average Bonchev–Trinajstić information content (AvgIpc) is 3.43. The molecule has 3 aliphatic rings. The summed E-state index contributed by atoms with van der Waals surface area (Å²) in [5, 5.41) is 17.2. The minimum absolute atomic E-state index is 0.108. The molecule has 2 N–H and O–H groups in total. The Labute approximate surface area is 202 Å². The van der Waals surface area contributed by atoms with Crippen LogP contribution in [0.5, 0.6) is 5.75 Å². The van der Waals surface area contributed by atoms with Crippen molar-refractivity contribution in [2.24, 2.45) is 5.92 Å². The molecule has 178 valence electrons. The number of benzene rings is 1. The molecule has 0 aliphatic carbocycles. The zero-order chi connectivity index (χ0) is 23.8. The molecule has 5 heterocycles. The Kier molecular flexibility index (Phi) is 6.14. The van der Waals surface area contributed by atoms with Gasteiger partial charge in [-0.25, -0.2) is 4.79 Å². The molecule has 3 aliphatic heterocycles. The van der Waals surface area contributed by atoms with Crippen LogP contribution in [0.15, 0.2) is 36.5 Å². The molecule has 0 saturated carbocycles. The maximum atomic E-state index is 13.0. The summed E-state index contributed by atoms with van der Waals surface area (Å²) < 4.78 is 7.11. The van der Waals surface area contributed by atoms with Crippen LogP contribution in [0.4, 0.5) is 5.69 Å². The van der Waals surface area contributed by atoms with Crippen molar-refractivity contribution in [3.05, 3.63) is 52.7 Å². The van der Waals surface area contributed by atoms with Crippen LogP contribution in [0.3, 0.4) is 0 Å². The highest BCUT2D eigenvalue weighted by atomic mass is 32.1. The second-order valence-electron chi connectivity index (χ2n) is 9.03. The molecule has 1 aromatic carbocycles. The zero-order valence-electron chi connectivity index (χ0n) is 19.3. The summed E-state index contributed by atoms with van der Waals surface area (Å²) in [5.74, 6) is 0.245. The second-order valence-corrected chi connectivity index (χ2v) is 10.1. The molecule has 3 fully saturated rings. The SMILES string of the molecule is COc1ccc(Cn2ncc(-c3cc(NC(=O)C4CC5CCN4CC5)c(C(=O)O)s3)c2C)cc1. The number of amides is 1. The monoisotopic (exact) mass is 480 g/mol. The fourth-order valence-electron chi connectivity index (χ4n) is 4.98. The van der Waals surface area contributed by atoms with E-state index < -0.39 is 5.97 Å². The lowest BCUT2D eigenvalue weighted by molar-refractivity contribution is -0.125. The molecule has 2 aromatic heterocycles. The van der Waals surface area contributed by atoms with Crippen molar-refractivity contribution < 1.29 is 19.4 Å². The van der Waals surface area contributed by atoms with Crippen LogP contribution in [0.2, 0.25) is 0 Å². The van der Waals surface area contributed by atoms with Crippen molar-refractivity contribution in [1.29, 1.82) is 0 Å². The first-order valence-electron chi connectivity index (χ1n) is 11.5. The molecule has 2 bridgehead atoms. The van der Waals surface area contributed by atoms with Crippen molar-refractivity contribution in [2.75, 3.05) is 25.5 Å². The number of carboxylic acid groups (broad SMARTS) is 1. The zero-order valence-corrected chi connectivity index (χ0v) is 20.1. The first kappa shape index (κ1) is 22.6. The van der Waals surface area contributed by atoms with Gasteiger partial charge in [0, 0.05) is 16.1 Å². The number of aromatic nitrogens is 2. The van der Waals surface area contributed by atoms with Crippen molar-refractivity contribution in [1.82, 2.24) is 14.7 Å². The third kappa shape index (κ3) is 4.33. The van der Waals surface area contributed by atoms with E-state index in [0.717, 1.165) is 59.8 Å². The summed E-state index contributed by atoms with van der Waals surface area (Å²) in [6.45, 7) is 4.44. The number of fused-ring (bicyclic) bond motifs is 3. The summed E-state index contributed by atoms with van der Waals surface area (Å²) in [5.41, 5.74) is 3.24. The van der Waals surface area contributed by atoms with Crippen molar-refractivity contribution in [3.63, 3.8) is 0 Å². The maximum Gasteiger partial charge on any atom is 0.348 e. The number of carbonyl (C=O) groups excluding carboxylic acids is 1. The van der Waals surface area contributed by atoms with E-state index in [0.29, 0.717) is 18.2 Å². The number of aromatic carboxylic acids is 1. The van der Waals surface area contributed by atoms with Gasteiger partial charge in [0.15, 0.2) is 0 Å². The molecule has 34 heavy (non-hydrogen) atoms. The van der Waals surface area contributed by atoms with Gasteiger partial charge in [0.1, 0.15) is 10.6 Å². The number of piperidine rings is 3. The Morgan fingerprint density at radius 2 is 1.97 bits per heavy atom. The summed E-state index contributed by atoms with van der Waals surface area (Å²) >= 11 is 1.17. The Bertz CT molecular complexity index is 1210. The number of carbonyl (C=O) groups is 2. The van der Waals surface area contributed by atoms with Gasteiger partial charge in [-0.1, -0.05) is 12.1 Å². The van der Waals surface area contributed by atoms with Gasteiger partial charge in [-0.15, -0.1) is 11.3 Å². The number of hydrogen-bond donors (Lipinski definition) is 2. The summed E-state index contributed by atoms with van der Waals surface area (Å²) in [6.07, 6.45) is 4.90. The molecule has 6 rings (SSSR count). The number of methoxy groups -OCH3 is 1. The Morgan fingerprint density at radius 3 is 2.59 bits per heavy atom. The first-order chi connectivity index (χ1) is 16.4. The van der Waals surface area contributed by atoms with E-state index in [9.17, 15) is 14.7 Å². The van der Waals surface area contributed by atoms with E-state index in [2.05, 4.69) is 15.3 Å². The molecule has 9 heteroatoms. The molecular weight excluding hydrogens is 452 g/mol. The lowest BCUT2D eigenvalue weighted by Crippen LogP contribution is -2.53. The maximum absolute atomic E-state index is 13.0. The number of hydrogen-bond acceptors (Lipinski definition) is 6. The van der Waals surface area contributed by atoms with Gasteiger partial charge in [0.2, 0.25) is 5.91 Å². The average molecular weight is 481 g/mol. The van der Waals surface area contributed by atoms with Gasteiger partial charge in [-0.2, -0.15) is 5.10 Å². The summed E-state index contributed by atoms with van der Waals surface area (Å²) in [4.78, 5) is 28.1. The highest BCUT2D eigenvalue weighted by molar-refractivity contribution is 7.18. The van der Waals surface area contributed by atoms with Gasteiger partial charge in [-0.3, -0.25) is 14.4 Å². The van der Waals surface area contributed by atoms with Crippen LogP contribution in [-0.4, -0.2) is 57.9 Å². The number of carboxylic acids is 1. The number of anilines is 1. The van der Waals surface area contributed by atoms with E-state index in [1.165, 1.54) is 11.3 Å². The van der Waals surface area contributed by atoms with Gasteiger partial charge in [0.25, 0.3) is 0 Å². The van der Waals surface area contributed by atoms with E-state index >= 15 is 0 Å². The van der Waals surface area contributed by atoms with Crippen LogP contribution < -0.4 is 10.1 Å². The molecule has 1 amide bonds. The first-order valence-corrected chi connectivity index (χ1v) is 12.3. The molecule has 3 aromatic rings. The van der Waals surface area contributed by atoms with Gasteiger partial charge in [-0.05, 0) is 69.0 Å². The van der Waals surface area contributed by atoms with E-state index in [-0.39, 0.29) is 16.8 Å². The van der Waals surface area contributed by atoms with Crippen LogP contribution in [0.1, 0.15) is 40.2 Å². The number of nitrogens with one attached hydrogen (secondary N) is 1. The van der Waals surface area contributed by atoms with E-state index in [4.69, 9.17) is 4.74 Å². The minimum atomic E-state index is -1.04. The topological polar surface area (TPSA) is 96.7 Å². The molecule has 1 atom stereocenters. The van der Waals surface area contributed by atoms with Gasteiger partial charge < -0.3 is 15.2 Å². The highest BCUT2D eigenvalue weighted by Gasteiger charge is 2.38. The summed E-state index contributed by atoms with van der Waals surface area (Å²) in [6, 6.07) is 9.41. The van der Waals surface area contributed by atoms with Crippen molar-refractivity contribution >= 4 is 28.9 Å². The number of thiophene rings is 1. The van der Waals surface area contributed by atoms with Crippen LogP contribution in [0, 0.1) is 12.8 Å². The lowest BCUT2D eigenvalue weighted by Gasteiger charge is -2.44. The van der Waals surface area contributed by atoms with Crippen molar-refractivity contribution in [3.8, 4) is 16.2 Å². The van der Waals surface area contributed by atoms with Crippen molar-refractivity contribution in [2.45, 2.75) is 38.8 Å².